The Morgan fingerprint density at radius 1 is 1.02 bits per heavy atom. The molecule has 2 bridgehead atoms. The minimum absolute atomic E-state index is 0.000496. The molecule has 4 aromatic rings. The number of pyridine rings is 1. The lowest BCUT2D eigenvalue weighted by Gasteiger charge is -2.35. The highest BCUT2D eigenvalue weighted by atomic mass is 19.3. The number of phenols is 1. The summed E-state index contributed by atoms with van der Waals surface area (Å²) in [4.78, 5) is 18.4. The Bertz CT molecular complexity index is 2120. The lowest BCUT2D eigenvalue weighted by atomic mass is 9.92. The van der Waals surface area contributed by atoms with E-state index in [1.165, 1.54) is 31.4 Å². The van der Waals surface area contributed by atoms with Gasteiger partial charge in [-0.2, -0.15) is 9.97 Å². The average molecular weight is 703 g/mol. The second-order valence-corrected chi connectivity index (χ2v) is 15.3. The average Bonchev–Trinajstić information content (AvgIpc) is 3.96. The van der Waals surface area contributed by atoms with Crippen molar-refractivity contribution in [2.24, 2.45) is 10.8 Å². The number of piperazine rings is 1. The molecule has 2 aromatic carbocycles. The minimum atomic E-state index is -2.53. The molecule has 2 aromatic heterocycles. The van der Waals surface area contributed by atoms with Gasteiger partial charge in [-0.3, -0.25) is 0 Å². The Kier molecular flexibility index (Phi) is 7.36. The fraction of sp³-hybridized carbons (Fsp3) is 0.500. The van der Waals surface area contributed by atoms with E-state index in [2.05, 4.69) is 31.0 Å². The summed E-state index contributed by atoms with van der Waals surface area (Å²) in [6.07, 6.45) is 10.6. The molecule has 1 spiro atoms. The zero-order chi connectivity index (χ0) is 35.3. The molecule has 2 saturated carbocycles. The number of terminal acetylenes is 1. The van der Waals surface area contributed by atoms with Gasteiger partial charge in [0.25, 0.3) is 5.92 Å². The number of likely N-dealkylation sites (tertiary alicyclic amines) is 1. The number of benzene rings is 2. The van der Waals surface area contributed by atoms with Crippen LogP contribution in [0.4, 0.5) is 23.4 Å². The number of aromatic nitrogens is 3. The first-order valence-corrected chi connectivity index (χ1v) is 17.6. The van der Waals surface area contributed by atoms with Crippen LogP contribution < -0.4 is 19.7 Å². The molecule has 0 radical (unpaired) electrons. The van der Waals surface area contributed by atoms with E-state index in [4.69, 9.17) is 20.9 Å². The number of hydrogen-bond acceptors (Lipinski definition) is 9. The molecule has 5 heterocycles. The van der Waals surface area contributed by atoms with E-state index >= 15 is 4.39 Å². The summed E-state index contributed by atoms with van der Waals surface area (Å²) in [6.45, 7) is 3.56. The first-order chi connectivity index (χ1) is 24.5. The number of anilines is 1. The summed E-state index contributed by atoms with van der Waals surface area (Å²) in [5.74, 6) is -1.32. The second-order valence-electron chi connectivity index (χ2n) is 15.3. The topological polar surface area (TPSA) is 95.9 Å². The zero-order valence-corrected chi connectivity index (χ0v) is 28.2. The van der Waals surface area contributed by atoms with Crippen molar-refractivity contribution in [2.45, 2.75) is 63.0 Å². The van der Waals surface area contributed by atoms with Gasteiger partial charge in [-0.25, -0.2) is 22.5 Å². The number of ether oxygens (including phenoxy) is 2. The van der Waals surface area contributed by atoms with Crippen molar-refractivity contribution in [1.29, 1.82) is 0 Å². The standard InChI is InChI=1S/C38H38F4N6O3/c1-3-25-27(39)7-4-21-14-24(49)15-26(28(21)25)31-30(40)32-29(34(44-31)50-2)33(48-16-22-5-6-23(17-48)43-22)46-35(45-32)51-20-36(8-9-36)19-47-12-10-37(11-13-47)18-38(37,41)42/h1,4,7,14-15,22-23,43,49H,5-6,8-13,16-20H2,2H3. The molecule has 0 amide bonds. The molecule has 3 aliphatic heterocycles. The highest BCUT2D eigenvalue weighted by Crippen LogP contribution is 2.66. The summed E-state index contributed by atoms with van der Waals surface area (Å²) in [5, 5.41) is 15.2. The fourth-order valence-electron chi connectivity index (χ4n) is 8.72. The van der Waals surface area contributed by atoms with Gasteiger partial charge in [0.05, 0.1) is 19.3 Å². The number of nitrogens with one attached hydrogen (secondary N) is 1. The van der Waals surface area contributed by atoms with Gasteiger partial charge in [-0.1, -0.05) is 12.0 Å². The number of halogens is 4. The summed E-state index contributed by atoms with van der Waals surface area (Å²) in [5.41, 5.74) is -1.29. The van der Waals surface area contributed by atoms with E-state index < -0.39 is 23.0 Å². The van der Waals surface area contributed by atoms with Crippen LogP contribution in [-0.2, 0) is 0 Å². The van der Waals surface area contributed by atoms with Crippen molar-refractivity contribution in [2.75, 3.05) is 51.3 Å². The van der Waals surface area contributed by atoms with Crippen LogP contribution in [0.5, 0.6) is 17.6 Å². The van der Waals surface area contributed by atoms with Crippen LogP contribution in [0.1, 0.15) is 50.5 Å². The van der Waals surface area contributed by atoms with Crippen LogP contribution in [-0.4, -0.2) is 89.4 Å². The van der Waals surface area contributed by atoms with Crippen molar-refractivity contribution in [3.63, 3.8) is 0 Å². The molecule has 5 fully saturated rings. The number of hydrogen-bond donors (Lipinski definition) is 2. The van der Waals surface area contributed by atoms with Crippen molar-refractivity contribution in [1.82, 2.24) is 25.2 Å². The molecule has 2 N–H and O–H groups in total. The first-order valence-electron chi connectivity index (χ1n) is 17.6. The maximum absolute atomic E-state index is 17.1. The molecular formula is C38H38F4N6O3. The Morgan fingerprint density at radius 3 is 2.39 bits per heavy atom. The number of nitrogens with zero attached hydrogens (tertiary/aromatic N) is 5. The molecule has 2 atom stereocenters. The number of alkyl halides is 2. The number of rotatable bonds is 8. The van der Waals surface area contributed by atoms with Crippen LogP contribution >= 0.6 is 0 Å². The maximum atomic E-state index is 17.1. The van der Waals surface area contributed by atoms with E-state index in [1.807, 2.05) is 0 Å². The highest BCUT2D eigenvalue weighted by Gasteiger charge is 2.70. The van der Waals surface area contributed by atoms with Gasteiger partial charge in [0.2, 0.25) is 5.88 Å². The Hall–Kier alpha value is -4.41. The maximum Gasteiger partial charge on any atom is 0.319 e. The van der Waals surface area contributed by atoms with E-state index in [1.54, 1.807) is 0 Å². The van der Waals surface area contributed by atoms with Gasteiger partial charge in [0.15, 0.2) is 5.82 Å². The van der Waals surface area contributed by atoms with Crippen molar-refractivity contribution >= 4 is 27.5 Å². The number of methoxy groups -OCH3 is 1. The number of aromatic hydroxyl groups is 1. The number of fused-ring (bicyclic) bond motifs is 4. The molecule has 3 saturated heterocycles. The normalized spacial score (nSPS) is 24.2. The van der Waals surface area contributed by atoms with Crippen LogP contribution in [0, 0.1) is 34.8 Å². The van der Waals surface area contributed by atoms with E-state index in [0.717, 1.165) is 32.2 Å². The fourth-order valence-corrected chi connectivity index (χ4v) is 8.72. The Labute approximate surface area is 292 Å². The molecule has 9 rings (SSSR count). The van der Waals surface area contributed by atoms with E-state index in [-0.39, 0.29) is 74.7 Å². The molecule has 2 aliphatic carbocycles. The van der Waals surface area contributed by atoms with Gasteiger partial charge in [0, 0.05) is 59.9 Å². The summed E-state index contributed by atoms with van der Waals surface area (Å²) in [6, 6.07) is 5.88. The van der Waals surface area contributed by atoms with Crippen LogP contribution in [0.3, 0.4) is 0 Å². The van der Waals surface area contributed by atoms with Gasteiger partial charge >= 0.3 is 6.01 Å². The van der Waals surface area contributed by atoms with Crippen molar-refractivity contribution in [3.8, 4) is 41.2 Å². The van der Waals surface area contributed by atoms with Crippen molar-refractivity contribution in [3.05, 3.63) is 41.5 Å². The Balaban J connectivity index is 1.11. The molecule has 13 heteroatoms. The molecule has 2 unspecified atom stereocenters. The van der Waals surface area contributed by atoms with Crippen LogP contribution in [0.15, 0.2) is 24.3 Å². The van der Waals surface area contributed by atoms with Gasteiger partial charge in [-0.05, 0) is 75.2 Å². The smallest absolute Gasteiger partial charge is 0.319 e. The second kappa shape index (κ2) is 11.5. The highest BCUT2D eigenvalue weighted by molar-refractivity contribution is 6.04. The monoisotopic (exact) mass is 702 g/mol. The lowest BCUT2D eigenvalue weighted by Crippen LogP contribution is -2.51. The quantitative estimate of drug-likeness (QED) is 0.168. The first kappa shape index (κ1) is 32.5. The SMILES string of the molecule is C#Cc1c(F)ccc2cc(O)cc(-c3nc(OC)c4c(N5CC6CCC(C5)N6)nc(OCC5(CN6CCC7(CC6)CC7(F)F)CC5)nc4c3F)c12. The zero-order valence-electron chi connectivity index (χ0n) is 28.2. The molecular weight excluding hydrogens is 664 g/mol. The van der Waals surface area contributed by atoms with E-state index in [9.17, 15) is 18.3 Å². The Morgan fingerprint density at radius 2 is 1.75 bits per heavy atom. The summed E-state index contributed by atoms with van der Waals surface area (Å²) >= 11 is 0. The number of piperidine rings is 1. The minimum Gasteiger partial charge on any atom is -0.508 e. The summed E-state index contributed by atoms with van der Waals surface area (Å²) < 4.78 is 72.1. The predicted molar refractivity (Wildman–Crippen MR) is 183 cm³/mol. The molecule has 5 aliphatic rings. The predicted octanol–water partition coefficient (Wildman–Crippen LogP) is 6.04. The van der Waals surface area contributed by atoms with Gasteiger partial charge < -0.3 is 29.7 Å². The lowest BCUT2D eigenvalue weighted by molar-refractivity contribution is 0.0252. The summed E-state index contributed by atoms with van der Waals surface area (Å²) in [7, 11) is 1.43. The third-order valence-electron chi connectivity index (χ3n) is 11.9. The van der Waals surface area contributed by atoms with Gasteiger partial charge in [-0.15, -0.1) is 6.42 Å². The molecule has 51 heavy (non-hydrogen) atoms. The third kappa shape index (κ3) is 5.41. The van der Waals surface area contributed by atoms with Gasteiger partial charge in [0.1, 0.15) is 34.0 Å². The largest absolute Gasteiger partial charge is 0.508 e. The third-order valence-corrected chi connectivity index (χ3v) is 11.9. The van der Waals surface area contributed by atoms with Crippen LogP contribution in [0.2, 0.25) is 0 Å². The number of phenolic OH excluding ortho intramolecular Hbond substituents is 1. The van der Waals surface area contributed by atoms with Crippen molar-refractivity contribution < 1.29 is 32.1 Å². The van der Waals surface area contributed by atoms with Crippen LogP contribution in [0.25, 0.3) is 32.9 Å². The molecule has 9 nitrogen and oxygen atoms in total. The molecule has 266 valence electrons. The van der Waals surface area contributed by atoms with E-state index in [0.29, 0.717) is 56.8 Å².